The molecule has 0 bridgehead atoms. The summed E-state index contributed by atoms with van der Waals surface area (Å²) in [7, 11) is 0. The van der Waals surface area contributed by atoms with E-state index >= 15 is 0 Å². The van der Waals surface area contributed by atoms with E-state index in [0.29, 0.717) is 6.61 Å². The van der Waals surface area contributed by atoms with Crippen molar-refractivity contribution in [3.63, 3.8) is 0 Å². The van der Waals surface area contributed by atoms with Gasteiger partial charge in [-0.05, 0) is 12.5 Å². The van der Waals surface area contributed by atoms with Crippen LogP contribution < -0.4 is 5.43 Å². The minimum atomic E-state index is 0.542. The largest absolute Gasteiger partial charge is 0.494 e. The fourth-order valence-corrected chi connectivity index (χ4v) is 1.28. The van der Waals surface area contributed by atoms with Crippen molar-refractivity contribution in [1.29, 1.82) is 0 Å². The molecule has 1 aliphatic heterocycles. The summed E-state index contributed by atoms with van der Waals surface area (Å²) in [6.07, 6.45) is 3.16. The van der Waals surface area contributed by atoms with Gasteiger partial charge in [0.1, 0.15) is 24.9 Å². The third-order valence-corrected chi connectivity index (χ3v) is 2.15. The molecular weight excluding hydrogens is 202 g/mol. The Morgan fingerprint density at radius 2 is 2.12 bits per heavy atom. The summed E-state index contributed by atoms with van der Waals surface area (Å²) in [5.41, 5.74) is 5.36. The molecule has 1 heterocycles. The van der Waals surface area contributed by atoms with Crippen molar-refractivity contribution < 1.29 is 4.74 Å². The van der Waals surface area contributed by atoms with E-state index in [4.69, 9.17) is 4.74 Å². The molecule has 0 unspecified atom stereocenters. The minimum Gasteiger partial charge on any atom is -0.494 e. The monoisotopic (exact) mass is 215 g/mol. The predicted molar refractivity (Wildman–Crippen MR) is 64.1 cm³/mol. The van der Waals surface area contributed by atoms with Gasteiger partial charge in [0.25, 0.3) is 0 Å². The van der Waals surface area contributed by atoms with Crippen LogP contribution in [0.25, 0.3) is 0 Å². The van der Waals surface area contributed by atoms with Crippen molar-refractivity contribution >= 4 is 12.1 Å². The summed E-state index contributed by atoms with van der Waals surface area (Å²) in [6.45, 7) is 2.42. The Morgan fingerprint density at radius 1 is 1.31 bits per heavy atom. The number of aliphatic imine (C=N–C) groups is 1. The normalized spacial score (nSPS) is 16.8. The number of ether oxygens (including phenoxy) is 1. The van der Waals surface area contributed by atoms with Gasteiger partial charge in [-0.25, -0.2) is 4.99 Å². The van der Waals surface area contributed by atoms with Gasteiger partial charge >= 0.3 is 0 Å². The second-order valence-corrected chi connectivity index (χ2v) is 3.38. The van der Waals surface area contributed by atoms with Crippen LogP contribution in [0.1, 0.15) is 12.5 Å². The van der Waals surface area contributed by atoms with Gasteiger partial charge in [0.05, 0.1) is 5.71 Å². The third-order valence-electron chi connectivity index (χ3n) is 2.15. The van der Waals surface area contributed by atoms with Crippen LogP contribution in [0.4, 0.5) is 0 Å². The van der Waals surface area contributed by atoms with E-state index in [2.05, 4.69) is 15.5 Å². The fourth-order valence-electron chi connectivity index (χ4n) is 1.28. The molecule has 1 N–H and O–H groups in total. The van der Waals surface area contributed by atoms with Gasteiger partial charge in [-0.15, -0.1) is 0 Å². The summed E-state index contributed by atoms with van der Waals surface area (Å²) < 4.78 is 5.45. The molecule has 82 valence electrons. The molecule has 0 atom stereocenters. The number of benzene rings is 1. The number of nitrogens with one attached hydrogen (secondary N) is 1. The van der Waals surface area contributed by atoms with Gasteiger partial charge in [0.15, 0.2) is 0 Å². The maximum Gasteiger partial charge on any atom is 0.122 e. The zero-order valence-corrected chi connectivity index (χ0v) is 9.05. The van der Waals surface area contributed by atoms with E-state index in [9.17, 15) is 0 Å². The number of hydrogen-bond donors (Lipinski definition) is 1. The van der Waals surface area contributed by atoms with Crippen molar-refractivity contribution in [2.24, 2.45) is 10.1 Å². The summed E-state index contributed by atoms with van der Waals surface area (Å²) in [5.74, 6) is 0. The first-order valence-electron chi connectivity index (χ1n) is 5.04. The van der Waals surface area contributed by atoms with Crippen LogP contribution in [0.2, 0.25) is 0 Å². The van der Waals surface area contributed by atoms with E-state index in [0.717, 1.165) is 17.0 Å². The second-order valence-electron chi connectivity index (χ2n) is 3.38. The summed E-state index contributed by atoms with van der Waals surface area (Å²) in [4.78, 5) is 4.11. The van der Waals surface area contributed by atoms with Crippen LogP contribution in [0.3, 0.4) is 0 Å². The maximum absolute atomic E-state index is 5.45. The molecule has 16 heavy (non-hydrogen) atoms. The molecule has 0 saturated carbocycles. The number of allylic oxidation sites excluding steroid dienone is 1. The lowest BCUT2D eigenvalue weighted by atomic mass is 10.2. The van der Waals surface area contributed by atoms with Gasteiger partial charge in [-0.2, -0.15) is 5.10 Å². The lowest BCUT2D eigenvalue weighted by molar-refractivity contribution is 0.234. The van der Waals surface area contributed by atoms with Crippen LogP contribution in [0.5, 0.6) is 0 Å². The van der Waals surface area contributed by atoms with Crippen LogP contribution in [-0.2, 0) is 11.3 Å². The molecule has 0 fully saturated rings. The van der Waals surface area contributed by atoms with Gasteiger partial charge in [0, 0.05) is 0 Å². The highest BCUT2D eigenvalue weighted by molar-refractivity contribution is 6.00. The molecule has 4 nitrogen and oxygen atoms in total. The van der Waals surface area contributed by atoms with E-state index in [1.807, 2.05) is 37.3 Å². The molecule has 0 amide bonds. The lowest BCUT2D eigenvalue weighted by Crippen LogP contribution is -2.13. The highest BCUT2D eigenvalue weighted by atomic mass is 16.5. The zero-order chi connectivity index (χ0) is 11.2. The van der Waals surface area contributed by atoms with E-state index < -0.39 is 0 Å². The number of hydrogen-bond acceptors (Lipinski definition) is 4. The quantitative estimate of drug-likeness (QED) is 0.784. The predicted octanol–water partition coefficient (Wildman–Crippen LogP) is 2.05. The third kappa shape index (κ3) is 2.70. The Hall–Kier alpha value is -2.10. The minimum absolute atomic E-state index is 0.542. The van der Waals surface area contributed by atoms with Crippen molar-refractivity contribution in [2.75, 3.05) is 0 Å². The second kappa shape index (κ2) is 5.11. The molecule has 0 aliphatic carbocycles. The number of rotatable bonds is 3. The van der Waals surface area contributed by atoms with Crippen LogP contribution >= 0.6 is 0 Å². The van der Waals surface area contributed by atoms with Crippen LogP contribution in [0.15, 0.2) is 52.4 Å². The van der Waals surface area contributed by atoms with Crippen LogP contribution in [0, 0.1) is 0 Å². The first kappa shape index (κ1) is 10.4. The Morgan fingerprint density at radius 3 is 2.88 bits per heavy atom. The average molecular weight is 215 g/mol. The Kier molecular flexibility index (Phi) is 3.33. The van der Waals surface area contributed by atoms with Gasteiger partial charge in [-0.3, -0.25) is 5.43 Å². The molecule has 1 aliphatic rings. The number of hydrazone groups is 1. The van der Waals surface area contributed by atoms with Crippen molar-refractivity contribution in [3.8, 4) is 0 Å². The molecule has 0 spiro atoms. The summed E-state index contributed by atoms with van der Waals surface area (Å²) in [6, 6.07) is 9.99. The van der Waals surface area contributed by atoms with Crippen molar-refractivity contribution in [3.05, 3.63) is 47.9 Å². The highest BCUT2D eigenvalue weighted by Crippen LogP contribution is 2.05. The molecule has 0 saturated heterocycles. The number of nitrogens with zero attached hydrogens (tertiary/aromatic N) is 2. The molecule has 4 heteroatoms. The average Bonchev–Trinajstić information content (AvgIpc) is 2.33. The van der Waals surface area contributed by atoms with E-state index in [-0.39, 0.29) is 0 Å². The van der Waals surface area contributed by atoms with Gasteiger partial charge in [-0.1, -0.05) is 30.3 Å². The fraction of sp³-hybridized carbons (Fsp3) is 0.167. The molecular formula is C12H13N3O. The molecule has 0 aromatic heterocycles. The molecule has 2 rings (SSSR count). The molecule has 1 aromatic rings. The van der Waals surface area contributed by atoms with Crippen LogP contribution in [-0.4, -0.2) is 12.1 Å². The van der Waals surface area contributed by atoms with E-state index in [1.165, 1.54) is 6.34 Å². The first-order chi connectivity index (χ1) is 7.86. The first-order valence-corrected chi connectivity index (χ1v) is 5.04. The van der Waals surface area contributed by atoms with Crippen molar-refractivity contribution in [1.82, 2.24) is 5.43 Å². The van der Waals surface area contributed by atoms with Gasteiger partial charge < -0.3 is 4.74 Å². The molecule has 0 radical (unpaired) electrons. The van der Waals surface area contributed by atoms with Gasteiger partial charge in [0.2, 0.25) is 0 Å². The Balaban J connectivity index is 1.92. The Bertz CT molecular complexity index is 435. The van der Waals surface area contributed by atoms with E-state index in [1.54, 1.807) is 6.26 Å². The maximum atomic E-state index is 5.45. The lowest BCUT2D eigenvalue weighted by Gasteiger charge is -2.07. The van der Waals surface area contributed by atoms with Crippen molar-refractivity contribution in [2.45, 2.75) is 13.5 Å². The SMILES string of the molecule is CC1=NNC=N/C1=C\OCc1ccccc1. The smallest absolute Gasteiger partial charge is 0.122 e. The zero-order valence-electron chi connectivity index (χ0n) is 9.05. The highest BCUT2D eigenvalue weighted by Gasteiger charge is 2.03. The Labute approximate surface area is 94.3 Å². The topological polar surface area (TPSA) is 46.0 Å². The standard InChI is InChI=1S/C12H13N3O/c1-10-12(13-9-14-15-10)8-16-7-11-5-3-2-4-6-11/h2-6,8-9H,7H2,1H3,(H,13,14)/b12-8-. The summed E-state index contributed by atoms with van der Waals surface area (Å²) in [5, 5.41) is 4.01. The molecule has 1 aromatic carbocycles. The summed E-state index contributed by atoms with van der Waals surface area (Å²) >= 11 is 0.